The number of carbonyl (C=O) groups excluding carboxylic acids is 2. The topological polar surface area (TPSA) is 50.3 Å². The van der Waals surface area contributed by atoms with E-state index in [-0.39, 0.29) is 17.6 Å². The molecule has 1 fully saturated rings. The van der Waals surface area contributed by atoms with Crippen molar-refractivity contribution in [2.24, 2.45) is 0 Å². The lowest BCUT2D eigenvalue weighted by Gasteiger charge is -2.31. The normalized spacial score (nSPS) is 18.2. The Kier molecular flexibility index (Phi) is 4.29. The molecule has 0 saturated carbocycles. The Morgan fingerprint density at radius 2 is 2.09 bits per heavy atom. The van der Waals surface area contributed by atoms with Crippen molar-refractivity contribution in [3.05, 3.63) is 51.7 Å². The predicted octanol–water partition coefficient (Wildman–Crippen LogP) is 3.20. The number of hydrogen-bond donors (Lipinski definition) is 0. The van der Waals surface area contributed by atoms with Crippen LogP contribution in [-0.2, 0) is 4.79 Å². The first-order chi connectivity index (χ1) is 10.7. The van der Waals surface area contributed by atoms with Gasteiger partial charge < -0.3 is 4.90 Å². The third-order valence-corrected chi connectivity index (χ3v) is 4.77. The van der Waals surface area contributed by atoms with Crippen LogP contribution in [0.1, 0.15) is 46.4 Å². The Balaban J connectivity index is 1.82. The van der Waals surface area contributed by atoms with Crippen LogP contribution in [0.5, 0.6) is 0 Å². The molecular weight excluding hydrogens is 303 g/mol. The molecule has 4 nitrogen and oxygen atoms in total. The van der Waals surface area contributed by atoms with E-state index in [0.717, 1.165) is 37.2 Å². The average Bonchev–Trinajstić information content (AvgIpc) is 3.04. The molecule has 2 heterocycles. The maximum absolute atomic E-state index is 12.9. The summed E-state index contributed by atoms with van der Waals surface area (Å²) in [7, 11) is 0. The molecule has 3 rings (SSSR count). The average molecular weight is 318 g/mol. The minimum atomic E-state index is -0.376. The van der Waals surface area contributed by atoms with Crippen LogP contribution >= 0.6 is 11.3 Å². The summed E-state index contributed by atoms with van der Waals surface area (Å²) < 4.78 is 12.9. The highest BCUT2D eigenvalue weighted by molar-refractivity contribution is 7.10. The summed E-state index contributed by atoms with van der Waals surface area (Å²) in [6.45, 7) is 0.731. The fraction of sp³-hybridized carbons (Fsp3) is 0.312. The van der Waals surface area contributed by atoms with E-state index in [1.54, 1.807) is 10.3 Å². The second-order valence-electron chi connectivity index (χ2n) is 5.26. The standard InChI is InChI=1S/C16H15FN2O2S/c17-12-6-4-11(5-7-12)15(21)13-9-22-16(18-13)14-3-1-2-8-19(14)10-20/h4-7,9-10,14H,1-3,8H2. The van der Waals surface area contributed by atoms with E-state index in [1.807, 2.05) is 0 Å². The SMILES string of the molecule is O=CN1CCCCC1c1nc(C(=O)c2ccc(F)cc2)cs1. The first-order valence-corrected chi connectivity index (χ1v) is 8.04. The van der Waals surface area contributed by atoms with Gasteiger partial charge in [-0.05, 0) is 43.5 Å². The lowest BCUT2D eigenvalue weighted by Crippen LogP contribution is -2.32. The Morgan fingerprint density at radius 3 is 2.82 bits per heavy atom. The van der Waals surface area contributed by atoms with Crippen LogP contribution in [0, 0.1) is 5.82 Å². The Bertz CT molecular complexity index is 684. The highest BCUT2D eigenvalue weighted by Crippen LogP contribution is 2.32. The molecule has 0 radical (unpaired) electrons. The van der Waals surface area contributed by atoms with Crippen molar-refractivity contribution >= 4 is 23.5 Å². The third-order valence-electron chi connectivity index (χ3n) is 3.83. The molecule has 1 aliphatic rings. The van der Waals surface area contributed by atoms with Gasteiger partial charge in [0.05, 0.1) is 6.04 Å². The zero-order valence-corrected chi connectivity index (χ0v) is 12.7. The van der Waals surface area contributed by atoms with Crippen molar-refractivity contribution in [1.29, 1.82) is 0 Å². The molecule has 1 atom stereocenters. The number of aromatic nitrogens is 1. The Morgan fingerprint density at radius 1 is 1.32 bits per heavy atom. The number of likely N-dealkylation sites (tertiary alicyclic amines) is 1. The lowest BCUT2D eigenvalue weighted by molar-refractivity contribution is -0.121. The van der Waals surface area contributed by atoms with Gasteiger partial charge in [0.15, 0.2) is 0 Å². The van der Waals surface area contributed by atoms with Gasteiger partial charge >= 0.3 is 0 Å². The van der Waals surface area contributed by atoms with Gasteiger partial charge in [0, 0.05) is 17.5 Å². The Hall–Kier alpha value is -2.08. The largest absolute Gasteiger partial charge is 0.336 e. The van der Waals surface area contributed by atoms with Gasteiger partial charge in [0.25, 0.3) is 0 Å². The number of hydrogen-bond acceptors (Lipinski definition) is 4. The summed E-state index contributed by atoms with van der Waals surface area (Å²) in [5, 5.41) is 2.50. The third kappa shape index (κ3) is 2.92. The van der Waals surface area contributed by atoms with Crippen molar-refractivity contribution < 1.29 is 14.0 Å². The molecule has 6 heteroatoms. The minimum absolute atomic E-state index is 0.0361. The highest BCUT2D eigenvalue weighted by Gasteiger charge is 2.26. The van der Waals surface area contributed by atoms with Gasteiger partial charge in [-0.25, -0.2) is 9.37 Å². The van der Waals surface area contributed by atoms with Crippen molar-refractivity contribution in [2.45, 2.75) is 25.3 Å². The highest BCUT2D eigenvalue weighted by atomic mass is 32.1. The summed E-state index contributed by atoms with van der Waals surface area (Å²) in [5.74, 6) is -0.602. The van der Waals surface area contributed by atoms with Crippen LogP contribution in [0.15, 0.2) is 29.6 Å². The van der Waals surface area contributed by atoms with E-state index >= 15 is 0 Å². The Labute approximate surface area is 131 Å². The number of thiazole rings is 1. The van der Waals surface area contributed by atoms with Gasteiger partial charge in [0.1, 0.15) is 16.5 Å². The molecular formula is C16H15FN2O2S. The van der Waals surface area contributed by atoms with E-state index in [9.17, 15) is 14.0 Å². The first kappa shape index (κ1) is 14.8. The monoisotopic (exact) mass is 318 g/mol. The summed E-state index contributed by atoms with van der Waals surface area (Å²) in [6.07, 6.45) is 3.78. The van der Waals surface area contributed by atoms with Gasteiger partial charge in [-0.1, -0.05) is 0 Å². The molecule has 1 saturated heterocycles. The fourth-order valence-corrected chi connectivity index (χ4v) is 3.59. The summed E-state index contributed by atoms with van der Waals surface area (Å²) in [4.78, 5) is 29.6. The van der Waals surface area contributed by atoms with Crippen LogP contribution in [0.4, 0.5) is 4.39 Å². The van der Waals surface area contributed by atoms with Gasteiger partial charge in [-0.2, -0.15) is 0 Å². The van der Waals surface area contributed by atoms with Crippen LogP contribution in [-0.4, -0.2) is 28.6 Å². The number of carbonyl (C=O) groups is 2. The van der Waals surface area contributed by atoms with Crippen LogP contribution < -0.4 is 0 Å². The summed E-state index contributed by atoms with van der Waals surface area (Å²) in [6, 6.07) is 5.39. The van der Waals surface area contributed by atoms with E-state index < -0.39 is 0 Å². The summed E-state index contributed by atoms with van der Waals surface area (Å²) in [5.41, 5.74) is 0.761. The van der Waals surface area contributed by atoms with Crippen LogP contribution in [0.25, 0.3) is 0 Å². The van der Waals surface area contributed by atoms with E-state index in [4.69, 9.17) is 0 Å². The van der Waals surface area contributed by atoms with E-state index in [1.165, 1.54) is 35.6 Å². The van der Waals surface area contributed by atoms with Gasteiger partial charge in [-0.3, -0.25) is 9.59 Å². The molecule has 1 amide bonds. The molecule has 0 aliphatic carbocycles. The number of ketones is 1. The second-order valence-corrected chi connectivity index (χ2v) is 6.15. The minimum Gasteiger partial charge on any atom is -0.336 e. The predicted molar refractivity (Wildman–Crippen MR) is 81.3 cm³/mol. The molecule has 22 heavy (non-hydrogen) atoms. The molecule has 1 aliphatic heterocycles. The second kappa shape index (κ2) is 6.36. The zero-order valence-electron chi connectivity index (χ0n) is 11.9. The number of nitrogens with zero attached hydrogens (tertiary/aromatic N) is 2. The molecule has 0 spiro atoms. The van der Waals surface area contributed by atoms with Crippen molar-refractivity contribution in [1.82, 2.24) is 9.88 Å². The van der Waals surface area contributed by atoms with Gasteiger partial charge in [0.2, 0.25) is 12.2 Å². The number of benzene rings is 1. The molecule has 0 bridgehead atoms. The van der Waals surface area contributed by atoms with Crippen molar-refractivity contribution in [3.8, 4) is 0 Å². The molecule has 2 aromatic rings. The maximum atomic E-state index is 12.9. The first-order valence-electron chi connectivity index (χ1n) is 7.16. The molecule has 1 aromatic heterocycles. The number of piperidine rings is 1. The smallest absolute Gasteiger partial charge is 0.212 e. The van der Waals surface area contributed by atoms with E-state index in [2.05, 4.69) is 4.98 Å². The molecule has 0 N–H and O–H groups in total. The fourth-order valence-electron chi connectivity index (χ4n) is 2.64. The quantitative estimate of drug-likeness (QED) is 0.642. The number of rotatable bonds is 4. The molecule has 114 valence electrons. The van der Waals surface area contributed by atoms with Crippen molar-refractivity contribution in [2.75, 3.05) is 6.54 Å². The van der Waals surface area contributed by atoms with Crippen LogP contribution in [0.2, 0.25) is 0 Å². The molecule has 1 aromatic carbocycles. The zero-order chi connectivity index (χ0) is 15.5. The van der Waals surface area contributed by atoms with Gasteiger partial charge in [-0.15, -0.1) is 11.3 Å². The maximum Gasteiger partial charge on any atom is 0.212 e. The molecule has 1 unspecified atom stereocenters. The number of halogens is 1. The van der Waals surface area contributed by atoms with E-state index in [0.29, 0.717) is 11.3 Å². The van der Waals surface area contributed by atoms with Crippen LogP contribution in [0.3, 0.4) is 0 Å². The number of amides is 1. The van der Waals surface area contributed by atoms with Crippen molar-refractivity contribution in [3.63, 3.8) is 0 Å². The lowest BCUT2D eigenvalue weighted by atomic mass is 10.0. The summed E-state index contributed by atoms with van der Waals surface area (Å²) >= 11 is 1.39.